The first kappa shape index (κ1) is 18.6. The van der Waals surface area contributed by atoms with Crippen molar-refractivity contribution in [2.45, 2.75) is 64.9 Å². The third-order valence-electron chi connectivity index (χ3n) is 3.60. The van der Waals surface area contributed by atoms with Gasteiger partial charge in [0.05, 0.1) is 11.5 Å². The molecule has 1 aromatic rings. The number of sulfonamides is 1. The summed E-state index contributed by atoms with van der Waals surface area (Å²) in [6.45, 7) is 8.26. The van der Waals surface area contributed by atoms with E-state index in [0.717, 1.165) is 19.3 Å². The van der Waals surface area contributed by atoms with E-state index >= 15 is 0 Å². The average molecular weight is 334 g/mol. The monoisotopic (exact) mass is 333 g/mol. The highest BCUT2D eigenvalue weighted by Gasteiger charge is 2.26. The Morgan fingerprint density at radius 2 is 2.00 bits per heavy atom. The van der Waals surface area contributed by atoms with Crippen LogP contribution in [0.4, 0.5) is 0 Å². The highest BCUT2D eigenvalue weighted by Crippen LogP contribution is 2.28. The Morgan fingerprint density at radius 3 is 2.57 bits per heavy atom. The molecule has 0 aliphatic rings. The molecule has 0 aliphatic heterocycles. The van der Waals surface area contributed by atoms with Crippen molar-refractivity contribution in [2.24, 2.45) is 5.41 Å². The first-order chi connectivity index (χ1) is 9.73. The molecule has 0 saturated heterocycles. The predicted octanol–water partition coefficient (Wildman–Crippen LogP) is 3.43. The van der Waals surface area contributed by atoms with Gasteiger partial charge in [-0.1, -0.05) is 40.0 Å². The van der Waals surface area contributed by atoms with Crippen molar-refractivity contribution in [2.75, 3.05) is 6.54 Å². The molecular formula is C15H27NO3S2. The van der Waals surface area contributed by atoms with E-state index in [-0.39, 0.29) is 16.9 Å². The van der Waals surface area contributed by atoms with Gasteiger partial charge in [-0.2, -0.15) is 0 Å². The molecule has 0 amide bonds. The summed E-state index contributed by atoms with van der Waals surface area (Å²) in [5.74, 6) is 0. The molecule has 0 aliphatic carbocycles. The van der Waals surface area contributed by atoms with E-state index in [1.807, 2.05) is 0 Å². The molecule has 1 rings (SSSR count). The zero-order valence-corrected chi connectivity index (χ0v) is 15.0. The Kier molecular flexibility index (Phi) is 6.84. The summed E-state index contributed by atoms with van der Waals surface area (Å²) in [6.07, 6.45) is 4.45. The quantitative estimate of drug-likeness (QED) is 0.680. The van der Waals surface area contributed by atoms with Gasteiger partial charge in [0.15, 0.2) is 0 Å². The van der Waals surface area contributed by atoms with Crippen LogP contribution in [-0.2, 0) is 16.6 Å². The average Bonchev–Trinajstić information content (AvgIpc) is 2.79. The third-order valence-corrected chi connectivity index (χ3v) is 6.45. The van der Waals surface area contributed by atoms with Crippen molar-refractivity contribution < 1.29 is 13.5 Å². The van der Waals surface area contributed by atoms with E-state index in [9.17, 15) is 13.5 Å². The van der Waals surface area contributed by atoms with Gasteiger partial charge in [0, 0.05) is 6.54 Å². The standard InChI is InChI=1S/C15H27NO3S2/c1-5-6-7-8-15(3,4)11-16-21(18,19)14-12(2)10-20-13(14)9-17/h10,16-17H,5-9,11H2,1-4H3. The van der Waals surface area contributed by atoms with Crippen LogP contribution in [0.3, 0.4) is 0 Å². The number of rotatable bonds is 9. The number of aliphatic hydroxyl groups is 1. The van der Waals surface area contributed by atoms with Crippen molar-refractivity contribution in [3.63, 3.8) is 0 Å². The van der Waals surface area contributed by atoms with E-state index in [2.05, 4.69) is 25.5 Å². The minimum atomic E-state index is -3.55. The molecule has 0 atom stereocenters. The molecule has 4 nitrogen and oxygen atoms in total. The van der Waals surface area contributed by atoms with Gasteiger partial charge in [0.2, 0.25) is 10.0 Å². The largest absolute Gasteiger partial charge is 0.391 e. The maximum atomic E-state index is 12.5. The number of unbranched alkanes of at least 4 members (excludes halogenated alkanes) is 2. The second-order valence-electron chi connectivity index (χ2n) is 6.28. The van der Waals surface area contributed by atoms with Gasteiger partial charge >= 0.3 is 0 Å². The Morgan fingerprint density at radius 1 is 1.33 bits per heavy atom. The Hall–Kier alpha value is -0.430. The van der Waals surface area contributed by atoms with Crippen LogP contribution in [0.2, 0.25) is 0 Å². The normalized spacial score (nSPS) is 12.8. The number of aliphatic hydroxyl groups excluding tert-OH is 1. The number of thiophene rings is 1. The number of hydrogen-bond donors (Lipinski definition) is 2. The van der Waals surface area contributed by atoms with Crippen LogP contribution in [0.1, 0.15) is 56.9 Å². The van der Waals surface area contributed by atoms with Crippen LogP contribution in [-0.4, -0.2) is 20.1 Å². The molecule has 0 aromatic carbocycles. The van der Waals surface area contributed by atoms with Crippen molar-refractivity contribution in [3.8, 4) is 0 Å². The van der Waals surface area contributed by atoms with Gasteiger partial charge in [-0.25, -0.2) is 13.1 Å². The summed E-state index contributed by atoms with van der Waals surface area (Å²) in [5.41, 5.74) is 0.631. The molecular weight excluding hydrogens is 306 g/mol. The molecule has 1 aromatic heterocycles. The molecule has 0 fully saturated rings. The molecule has 21 heavy (non-hydrogen) atoms. The molecule has 0 unspecified atom stereocenters. The second kappa shape index (κ2) is 7.72. The second-order valence-corrected chi connectivity index (χ2v) is 8.94. The predicted molar refractivity (Wildman–Crippen MR) is 88.1 cm³/mol. The molecule has 0 bridgehead atoms. The van der Waals surface area contributed by atoms with E-state index in [1.54, 1.807) is 12.3 Å². The highest BCUT2D eigenvalue weighted by molar-refractivity contribution is 7.89. The summed E-state index contributed by atoms with van der Waals surface area (Å²) in [6, 6.07) is 0. The van der Waals surface area contributed by atoms with E-state index in [0.29, 0.717) is 17.0 Å². The zero-order valence-electron chi connectivity index (χ0n) is 13.4. The van der Waals surface area contributed by atoms with Crippen LogP contribution in [0.5, 0.6) is 0 Å². The summed E-state index contributed by atoms with van der Waals surface area (Å²) in [5, 5.41) is 11.1. The van der Waals surface area contributed by atoms with Crippen molar-refractivity contribution >= 4 is 21.4 Å². The lowest BCUT2D eigenvalue weighted by Crippen LogP contribution is -2.34. The van der Waals surface area contributed by atoms with Crippen molar-refractivity contribution in [1.29, 1.82) is 0 Å². The SMILES string of the molecule is CCCCCC(C)(C)CNS(=O)(=O)c1c(C)csc1CO. The smallest absolute Gasteiger partial charge is 0.242 e. The van der Waals surface area contributed by atoms with Gasteiger partial charge in [-0.05, 0) is 29.7 Å². The zero-order chi connectivity index (χ0) is 16.1. The lowest BCUT2D eigenvalue weighted by molar-refractivity contribution is 0.282. The van der Waals surface area contributed by atoms with Crippen LogP contribution < -0.4 is 4.72 Å². The maximum Gasteiger partial charge on any atom is 0.242 e. The molecule has 0 radical (unpaired) electrons. The lowest BCUT2D eigenvalue weighted by atomic mass is 9.87. The van der Waals surface area contributed by atoms with E-state index in [4.69, 9.17) is 0 Å². The first-order valence-electron chi connectivity index (χ1n) is 7.41. The fraction of sp³-hybridized carbons (Fsp3) is 0.733. The fourth-order valence-corrected chi connectivity index (χ4v) is 5.16. The van der Waals surface area contributed by atoms with Crippen LogP contribution in [0, 0.1) is 12.3 Å². The highest BCUT2D eigenvalue weighted by atomic mass is 32.2. The number of aryl methyl sites for hydroxylation is 1. The van der Waals surface area contributed by atoms with Crippen LogP contribution in [0.15, 0.2) is 10.3 Å². The summed E-state index contributed by atoms with van der Waals surface area (Å²) in [4.78, 5) is 0.753. The molecule has 0 spiro atoms. The third kappa shape index (κ3) is 5.36. The van der Waals surface area contributed by atoms with Gasteiger partial charge in [0.25, 0.3) is 0 Å². The Bertz CT molecular complexity index is 547. The van der Waals surface area contributed by atoms with Gasteiger partial charge in [0.1, 0.15) is 4.90 Å². The lowest BCUT2D eigenvalue weighted by Gasteiger charge is -2.25. The summed E-state index contributed by atoms with van der Waals surface area (Å²) >= 11 is 1.28. The Balaban J connectivity index is 2.75. The molecule has 6 heteroatoms. The summed E-state index contributed by atoms with van der Waals surface area (Å²) in [7, 11) is -3.55. The van der Waals surface area contributed by atoms with Gasteiger partial charge in [-0.3, -0.25) is 0 Å². The fourth-order valence-electron chi connectivity index (χ4n) is 2.26. The maximum absolute atomic E-state index is 12.5. The van der Waals surface area contributed by atoms with Crippen molar-refractivity contribution in [3.05, 3.63) is 15.8 Å². The van der Waals surface area contributed by atoms with E-state index in [1.165, 1.54) is 17.8 Å². The van der Waals surface area contributed by atoms with Crippen LogP contribution in [0.25, 0.3) is 0 Å². The summed E-state index contributed by atoms with van der Waals surface area (Å²) < 4.78 is 27.6. The number of nitrogens with one attached hydrogen (secondary N) is 1. The topological polar surface area (TPSA) is 66.4 Å². The first-order valence-corrected chi connectivity index (χ1v) is 9.77. The minimum absolute atomic E-state index is 0.0639. The van der Waals surface area contributed by atoms with Gasteiger partial charge in [-0.15, -0.1) is 11.3 Å². The molecule has 1 heterocycles. The van der Waals surface area contributed by atoms with E-state index < -0.39 is 10.0 Å². The molecule has 0 saturated carbocycles. The number of hydrogen-bond acceptors (Lipinski definition) is 4. The molecule has 2 N–H and O–H groups in total. The van der Waals surface area contributed by atoms with Crippen molar-refractivity contribution in [1.82, 2.24) is 4.72 Å². The Labute approximate surface area is 132 Å². The molecule has 122 valence electrons. The minimum Gasteiger partial charge on any atom is -0.391 e. The van der Waals surface area contributed by atoms with Gasteiger partial charge < -0.3 is 5.11 Å². The van der Waals surface area contributed by atoms with Crippen LogP contribution >= 0.6 is 11.3 Å².